The predicted molar refractivity (Wildman–Crippen MR) is 85.5 cm³/mol. The second kappa shape index (κ2) is 9.89. The summed E-state index contributed by atoms with van der Waals surface area (Å²) < 4.78 is 5.63. The maximum Gasteiger partial charge on any atom is 0.191 e. The van der Waals surface area contributed by atoms with E-state index in [1.54, 1.807) is 13.1 Å². The van der Waals surface area contributed by atoms with Gasteiger partial charge in [-0.3, -0.25) is 4.99 Å². The number of rotatable bonds is 8. The lowest BCUT2D eigenvalue weighted by atomic mass is 10.1. The molecule has 0 radical (unpaired) electrons. The van der Waals surface area contributed by atoms with Gasteiger partial charge in [-0.15, -0.1) is 6.58 Å². The van der Waals surface area contributed by atoms with Crippen molar-refractivity contribution in [3.8, 4) is 5.75 Å². The van der Waals surface area contributed by atoms with Crippen LogP contribution in [0.25, 0.3) is 0 Å². The number of nitrogens with zero attached hydrogens (tertiary/aromatic N) is 1. The Morgan fingerprint density at radius 1 is 1.40 bits per heavy atom. The Balaban J connectivity index is 2.39. The molecule has 0 aromatic heterocycles. The van der Waals surface area contributed by atoms with Gasteiger partial charge < -0.3 is 15.4 Å². The van der Waals surface area contributed by atoms with Gasteiger partial charge in [0.2, 0.25) is 0 Å². The minimum Gasteiger partial charge on any atom is -0.494 e. The van der Waals surface area contributed by atoms with Crippen LogP contribution in [0.3, 0.4) is 0 Å². The molecule has 20 heavy (non-hydrogen) atoms. The molecule has 1 aromatic carbocycles. The topological polar surface area (TPSA) is 45.7 Å². The van der Waals surface area contributed by atoms with E-state index in [0.29, 0.717) is 6.54 Å². The van der Waals surface area contributed by atoms with Crippen LogP contribution in [0.4, 0.5) is 0 Å². The summed E-state index contributed by atoms with van der Waals surface area (Å²) in [5, 5.41) is 6.41. The third-order valence-electron chi connectivity index (χ3n) is 2.71. The Morgan fingerprint density at radius 2 is 2.25 bits per heavy atom. The number of hydrogen-bond donors (Lipinski definition) is 2. The SMILES string of the molecule is C=CCNC(=NC)NCCc1cccc(OCCC)c1. The first-order valence-electron chi connectivity index (χ1n) is 7.07. The summed E-state index contributed by atoms with van der Waals surface area (Å²) in [5.41, 5.74) is 1.25. The van der Waals surface area contributed by atoms with Crippen LogP contribution in [0.5, 0.6) is 5.75 Å². The molecule has 0 aliphatic carbocycles. The molecule has 0 heterocycles. The molecule has 0 bridgehead atoms. The molecule has 0 unspecified atom stereocenters. The first-order valence-corrected chi connectivity index (χ1v) is 7.07. The highest BCUT2D eigenvalue weighted by atomic mass is 16.5. The summed E-state index contributed by atoms with van der Waals surface area (Å²) in [7, 11) is 1.76. The molecular formula is C16H25N3O. The Kier molecular flexibility index (Phi) is 7.96. The highest BCUT2D eigenvalue weighted by molar-refractivity contribution is 5.79. The lowest BCUT2D eigenvalue weighted by Crippen LogP contribution is -2.38. The first kappa shape index (κ1) is 16.1. The zero-order valence-corrected chi connectivity index (χ0v) is 12.5. The van der Waals surface area contributed by atoms with E-state index in [-0.39, 0.29) is 0 Å². The summed E-state index contributed by atoms with van der Waals surface area (Å²) >= 11 is 0. The lowest BCUT2D eigenvalue weighted by molar-refractivity contribution is 0.317. The van der Waals surface area contributed by atoms with Gasteiger partial charge in [-0.25, -0.2) is 0 Å². The monoisotopic (exact) mass is 275 g/mol. The highest BCUT2D eigenvalue weighted by Crippen LogP contribution is 2.13. The number of hydrogen-bond acceptors (Lipinski definition) is 2. The van der Waals surface area contributed by atoms with Crippen molar-refractivity contribution in [1.29, 1.82) is 0 Å². The van der Waals surface area contributed by atoms with Crippen LogP contribution in [0.1, 0.15) is 18.9 Å². The number of nitrogens with one attached hydrogen (secondary N) is 2. The fraction of sp³-hybridized carbons (Fsp3) is 0.438. The molecule has 0 aliphatic heterocycles. The van der Waals surface area contributed by atoms with Gasteiger partial charge in [0.15, 0.2) is 5.96 Å². The van der Waals surface area contributed by atoms with E-state index in [9.17, 15) is 0 Å². The summed E-state index contributed by atoms with van der Waals surface area (Å²) in [6.45, 7) is 8.08. The van der Waals surface area contributed by atoms with Gasteiger partial charge in [0.25, 0.3) is 0 Å². The van der Waals surface area contributed by atoms with Crippen LogP contribution >= 0.6 is 0 Å². The summed E-state index contributed by atoms with van der Waals surface area (Å²) in [6.07, 6.45) is 3.76. The third kappa shape index (κ3) is 6.27. The second-order valence-electron chi connectivity index (χ2n) is 4.41. The Morgan fingerprint density at radius 3 is 2.95 bits per heavy atom. The van der Waals surface area contributed by atoms with Gasteiger partial charge in [-0.1, -0.05) is 25.1 Å². The molecule has 0 fully saturated rings. The second-order valence-corrected chi connectivity index (χ2v) is 4.41. The number of ether oxygens (including phenoxy) is 1. The molecule has 2 N–H and O–H groups in total. The zero-order valence-electron chi connectivity index (χ0n) is 12.5. The van der Waals surface area contributed by atoms with Crippen molar-refractivity contribution in [2.24, 2.45) is 4.99 Å². The molecule has 0 amide bonds. The standard InChI is InChI=1S/C16H25N3O/c1-4-10-18-16(17-3)19-11-9-14-7-6-8-15(13-14)20-12-5-2/h4,6-8,13H,1,5,9-12H2,2-3H3,(H2,17,18,19). The summed E-state index contributed by atoms with van der Waals surface area (Å²) in [5.74, 6) is 1.74. The van der Waals surface area contributed by atoms with Crippen LogP contribution in [0.2, 0.25) is 0 Å². The van der Waals surface area contributed by atoms with Gasteiger partial charge in [-0.05, 0) is 30.5 Å². The van der Waals surface area contributed by atoms with Crippen LogP contribution in [0.15, 0.2) is 41.9 Å². The number of benzene rings is 1. The van der Waals surface area contributed by atoms with Crippen molar-refractivity contribution in [3.05, 3.63) is 42.5 Å². The van der Waals surface area contributed by atoms with E-state index in [2.05, 4.69) is 41.3 Å². The minimum absolute atomic E-state index is 0.708. The minimum atomic E-state index is 0.708. The van der Waals surface area contributed by atoms with Crippen molar-refractivity contribution in [2.45, 2.75) is 19.8 Å². The number of aliphatic imine (C=N–C) groups is 1. The molecule has 1 rings (SSSR count). The van der Waals surface area contributed by atoms with Gasteiger partial charge in [0.05, 0.1) is 6.61 Å². The van der Waals surface area contributed by atoms with E-state index in [4.69, 9.17) is 4.74 Å². The molecule has 0 spiro atoms. The van der Waals surface area contributed by atoms with Crippen LogP contribution in [0, 0.1) is 0 Å². The average Bonchev–Trinajstić information content (AvgIpc) is 2.49. The first-order chi connectivity index (χ1) is 9.80. The average molecular weight is 275 g/mol. The molecule has 0 atom stereocenters. The Bertz CT molecular complexity index is 429. The fourth-order valence-electron chi connectivity index (χ4n) is 1.73. The normalized spacial score (nSPS) is 11.0. The highest BCUT2D eigenvalue weighted by Gasteiger charge is 1.99. The van der Waals surface area contributed by atoms with Crippen molar-refractivity contribution < 1.29 is 4.74 Å². The molecule has 4 nitrogen and oxygen atoms in total. The Hall–Kier alpha value is -1.97. The van der Waals surface area contributed by atoms with E-state index >= 15 is 0 Å². The van der Waals surface area contributed by atoms with E-state index < -0.39 is 0 Å². The van der Waals surface area contributed by atoms with Gasteiger partial charge in [-0.2, -0.15) is 0 Å². The van der Waals surface area contributed by atoms with E-state index in [0.717, 1.165) is 37.7 Å². The molecule has 0 saturated carbocycles. The smallest absolute Gasteiger partial charge is 0.191 e. The summed E-state index contributed by atoms with van der Waals surface area (Å²) in [4.78, 5) is 4.14. The predicted octanol–water partition coefficient (Wildman–Crippen LogP) is 2.37. The lowest BCUT2D eigenvalue weighted by Gasteiger charge is -2.11. The van der Waals surface area contributed by atoms with Crippen LogP contribution in [-0.4, -0.2) is 32.7 Å². The molecule has 110 valence electrons. The maximum atomic E-state index is 5.63. The molecular weight excluding hydrogens is 250 g/mol. The molecule has 1 aromatic rings. The van der Waals surface area contributed by atoms with E-state index in [1.165, 1.54) is 5.56 Å². The van der Waals surface area contributed by atoms with Gasteiger partial charge >= 0.3 is 0 Å². The van der Waals surface area contributed by atoms with Crippen molar-refractivity contribution in [2.75, 3.05) is 26.7 Å². The van der Waals surface area contributed by atoms with Gasteiger partial charge in [0.1, 0.15) is 5.75 Å². The summed E-state index contributed by atoms with van der Waals surface area (Å²) in [6, 6.07) is 8.24. The quantitative estimate of drug-likeness (QED) is 0.435. The van der Waals surface area contributed by atoms with Crippen LogP contribution in [-0.2, 0) is 6.42 Å². The van der Waals surface area contributed by atoms with Crippen LogP contribution < -0.4 is 15.4 Å². The van der Waals surface area contributed by atoms with Gasteiger partial charge in [0, 0.05) is 20.1 Å². The van der Waals surface area contributed by atoms with Crippen molar-refractivity contribution in [1.82, 2.24) is 10.6 Å². The molecule has 4 heteroatoms. The largest absolute Gasteiger partial charge is 0.494 e. The van der Waals surface area contributed by atoms with E-state index in [1.807, 2.05) is 12.1 Å². The fourth-order valence-corrected chi connectivity index (χ4v) is 1.73. The molecule has 0 saturated heterocycles. The molecule has 0 aliphatic rings. The number of guanidine groups is 1. The maximum absolute atomic E-state index is 5.63. The van der Waals surface area contributed by atoms with Crippen molar-refractivity contribution in [3.63, 3.8) is 0 Å². The van der Waals surface area contributed by atoms with Crippen molar-refractivity contribution >= 4 is 5.96 Å². The Labute approximate surface area is 121 Å². The zero-order chi connectivity index (χ0) is 14.6. The third-order valence-corrected chi connectivity index (χ3v) is 2.71.